The van der Waals surface area contributed by atoms with Gasteiger partial charge in [0.05, 0.1) is 31.5 Å². The quantitative estimate of drug-likeness (QED) is 0.279. The van der Waals surface area contributed by atoms with Gasteiger partial charge in [-0.1, -0.05) is 13.3 Å². The first kappa shape index (κ1) is 24.4. The zero-order valence-corrected chi connectivity index (χ0v) is 21.4. The predicted octanol–water partition coefficient (Wildman–Crippen LogP) is 6.09. The molecule has 1 aliphatic heterocycles. The fourth-order valence-corrected chi connectivity index (χ4v) is 5.21. The van der Waals surface area contributed by atoms with Gasteiger partial charge in [-0.15, -0.1) is 11.3 Å². The van der Waals surface area contributed by atoms with E-state index >= 15 is 0 Å². The summed E-state index contributed by atoms with van der Waals surface area (Å²) in [6.07, 6.45) is 4.96. The average molecular weight is 510 g/mol. The molecule has 36 heavy (non-hydrogen) atoms. The number of thiazole rings is 1. The second kappa shape index (κ2) is 10.8. The van der Waals surface area contributed by atoms with E-state index in [2.05, 4.69) is 11.9 Å². The average Bonchev–Trinajstić information content (AvgIpc) is 3.50. The molecule has 1 N–H and O–H groups in total. The van der Waals surface area contributed by atoms with Gasteiger partial charge in [-0.25, -0.2) is 9.78 Å². The van der Waals surface area contributed by atoms with Crippen molar-refractivity contribution < 1.29 is 28.8 Å². The smallest absolute Gasteiger partial charge is 0.349 e. The van der Waals surface area contributed by atoms with Crippen LogP contribution in [0, 0.1) is 5.92 Å². The monoisotopic (exact) mass is 509 g/mol. The maximum Gasteiger partial charge on any atom is 0.349 e. The van der Waals surface area contributed by atoms with E-state index < -0.39 is 12.1 Å². The molecule has 3 aromatic rings. The molecule has 2 heterocycles. The summed E-state index contributed by atoms with van der Waals surface area (Å²) < 4.78 is 23.7. The number of hydrogen-bond donors (Lipinski definition) is 1. The number of benzene rings is 2. The van der Waals surface area contributed by atoms with Crippen LogP contribution in [0.1, 0.15) is 55.4 Å². The molecule has 0 radical (unpaired) electrons. The number of aliphatic carboxylic acids is 1. The van der Waals surface area contributed by atoms with Gasteiger partial charge >= 0.3 is 5.97 Å². The van der Waals surface area contributed by atoms with Gasteiger partial charge in [0.1, 0.15) is 23.0 Å². The number of ether oxygens (including phenoxy) is 4. The number of hydrogen-bond acceptors (Lipinski definition) is 7. The van der Waals surface area contributed by atoms with Crippen LogP contribution in [0.25, 0.3) is 11.3 Å². The first-order chi connectivity index (χ1) is 17.6. The molecule has 1 atom stereocenters. The van der Waals surface area contributed by atoms with Crippen LogP contribution in [0.15, 0.2) is 35.2 Å². The summed E-state index contributed by atoms with van der Waals surface area (Å²) in [7, 11) is 1.71. The fourth-order valence-electron chi connectivity index (χ4n) is 4.65. The molecule has 190 valence electrons. The van der Waals surface area contributed by atoms with Crippen molar-refractivity contribution in [3.8, 4) is 34.3 Å². The zero-order chi connectivity index (χ0) is 25.1. The van der Waals surface area contributed by atoms with Gasteiger partial charge in [0.2, 0.25) is 6.10 Å². The topological polar surface area (TPSA) is 87.1 Å². The number of carboxylic acids is 1. The van der Waals surface area contributed by atoms with Gasteiger partial charge in [-0.3, -0.25) is 0 Å². The SMILES string of the molecule is CCCc1c(OCCCOc2ccc(-c3cscn3)c(OC)c2CC2CC2)ccc2c1OC2C(=O)O. The molecular weight excluding hydrogens is 478 g/mol. The Hall–Kier alpha value is -3.26. The van der Waals surface area contributed by atoms with Crippen molar-refractivity contribution in [3.05, 3.63) is 51.8 Å². The molecule has 1 saturated carbocycles. The van der Waals surface area contributed by atoms with Crippen LogP contribution in [-0.2, 0) is 17.6 Å². The normalized spacial score (nSPS) is 16.0. The van der Waals surface area contributed by atoms with Gasteiger partial charge in [-0.05, 0) is 55.9 Å². The van der Waals surface area contributed by atoms with Crippen LogP contribution in [0.2, 0.25) is 0 Å². The van der Waals surface area contributed by atoms with Gasteiger partial charge in [-0.2, -0.15) is 0 Å². The molecular formula is C28H31NO6S. The Morgan fingerprint density at radius 1 is 1.14 bits per heavy atom. The first-order valence-electron chi connectivity index (χ1n) is 12.5. The Kier molecular flexibility index (Phi) is 7.32. The lowest BCUT2D eigenvalue weighted by Crippen LogP contribution is -2.28. The lowest BCUT2D eigenvalue weighted by Gasteiger charge is -2.31. The molecule has 1 aliphatic carbocycles. The molecule has 7 nitrogen and oxygen atoms in total. The minimum absolute atomic E-state index is 0.490. The molecule has 1 aromatic heterocycles. The predicted molar refractivity (Wildman–Crippen MR) is 138 cm³/mol. The van der Waals surface area contributed by atoms with Gasteiger partial charge in [0.15, 0.2) is 0 Å². The summed E-state index contributed by atoms with van der Waals surface area (Å²) in [5.74, 6) is 2.85. The zero-order valence-electron chi connectivity index (χ0n) is 20.6. The number of rotatable bonds is 13. The standard InChI is InChI=1S/C28H31NO6S/c1-3-5-19-23(11-9-20-26(19)35-27(20)28(30)31)33-12-4-13-34-24-10-8-18(22-15-36-16-29-22)25(32-2)21(24)14-17-6-7-17/h8-11,15-17,27H,3-7,12-14H2,1-2H3,(H,30,31). The van der Waals surface area contributed by atoms with Crippen LogP contribution in [-0.4, -0.2) is 36.4 Å². The third-order valence-corrected chi connectivity index (χ3v) is 7.20. The summed E-state index contributed by atoms with van der Waals surface area (Å²) in [5.41, 5.74) is 6.55. The van der Waals surface area contributed by atoms with E-state index in [0.29, 0.717) is 31.3 Å². The minimum Gasteiger partial charge on any atom is -0.496 e. The van der Waals surface area contributed by atoms with Gasteiger partial charge < -0.3 is 24.1 Å². The maximum atomic E-state index is 11.3. The lowest BCUT2D eigenvalue weighted by molar-refractivity contribution is -0.147. The fraction of sp³-hybridized carbons (Fsp3) is 0.429. The molecule has 0 spiro atoms. The second-order valence-corrected chi connectivity index (χ2v) is 9.96. The summed E-state index contributed by atoms with van der Waals surface area (Å²) in [5, 5.41) is 11.3. The number of aromatic nitrogens is 1. The summed E-state index contributed by atoms with van der Waals surface area (Å²) in [6.45, 7) is 3.09. The number of methoxy groups -OCH3 is 1. The number of carboxylic acid groups (broad SMARTS) is 1. The van der Waals surface area contributed by atoms with E-state index in [1.807, 2.05) is 29.1 Å². The van der Waals surface area contributed by atoms with E-state index in [9.17, 15) is 9.90 Å². The van der Waals surface area contributed by atoms with E-state index in [0.717, 1.165) is 64.5 Å². The maximum absolute atomic E-state index is 11.3. The Morgan fingerprint density at radius 3 is 2.53 bits per heavy atom. The van der Waals surface area contributed by atoms with Crippen molar-refractivity contribution in [2.75, 3.05) is 20.3 Å². The second-order valence-electron chi connectivity index (χ2n) is 9.24. The highest BCUT2D eigenvalue weighted by atomic mass is 32.1. The highest BCUT2D eigenvalue weighted by molar-refractivity contribution is 7.07. The van der Waals surface area contributed by atoms with E-state index in [1.165, 1.54) is 12.8 Å². The number of carbonyl (C=O) groups is 1. The van der Waals surface area contributed by atoms with Gasteiger partial charge in [0, 0.05) is 34.1 Å². The van der Waals surface area contributed by atoms with Crippen LogP contribution >= 0.6 is 11.3 Å². The Labute approximate surface area is 215 Å². The van der Waals surface area contributed by atoms with Crippen LogP contribution in [0.5, 0.6) is 23.0 Å². The van der Waals surface area contributed by atoms with E-state index in [4.69, 9.17) is 18.9 Å². The van der Waals surface area contributed by atoms with E-state index in [1.54, 1.807) is 24.5 Å². The molecule has 1 unspecified atom stereocenters. The van der Waals surface area contributed by atoms with Crippen LogP contribution in [0.3, 0.4) is 0 Å². The van der Waals surface area contributed by atoms with Crippen LogP contribution < -0.4 is 18.9 Å². The summed E-state index contributed by atoms with van der Waals surface area (Å²) in [6, 6.07) is 7.71. The Bertz CT molecular complexity index is 1220. The van der Waals surface area contributed by atoms with Crippen molar-refractivity contribution in [2.45, 2.75) is 51.6 Å². The molecule has 0 bridgehead atoms. The molecule has 2 aromatic carbocycles. The molecule has 5 rings (SSSR count). The molecule has 2 aliphatic rings. The van der Waals surface area contributed by atoms with Crippen LogP contribution in [0.4, 0.5) is 0 Å². The Morgan fingerprint density at radius 2 is 1.89 bits per heavy atom. The Balaban J connectivity index is 1.23. The molecule has 1 fully saturated rings. The van der Waals surface area contributed by atoms with Crippen molar-refractivity contribution >= 4 is 17.3 Å². The van der Waals surface area contributed by atoms with E-state index in [-0.39, 0.29) is 0 Å². The third kappa shape index (κ3) is 5.00. The summed E-state index contributed by atoms with van der Waals surface area (Å²) in [4.78, 5) is 15.8. The van der Waals surface area contributed by atoms with Crippen molar-refractivity contribution in [1.29, 1.82) is 0 Å². The number of nitrogens with zero attached hydrogens (tertiary/aromatic N) is 1. The molecule has 0 saturated heterocycles. The summed E-state index contributed by atoms with van der Waals surface area (Å²) >= 11 is 1.57. The largest absolute Gasteiger partial charge is 0.496 e. The number of fused-ring (bicyclic) bond motifs is 1. The van der Waals surface area contributed by atoms with Crippen molar-refractivity contribution in [3.63, 3.8) is 0 Å². The molecule has 8 heteroatoms. The van der Waals surface area contributed by atoms with Crippen molar-refractivity contribution in [1.82, 2.24) is 4.98 Å². The van der Waals surface area contributed by atoms with Crippen molar-refractivity contribution in [2.24, 2.45) is 5.92 Å². The highest BCUT2D eigenvalue weighted by Gasteiger charge is 2.37. The molecule has 0 amide bonds. The minimum atomic E-state index is -0.965. The lowest BCUT2D eigenvalue weighted by atomic mass is 9.95. The highest BCUT2D eigenvalue weighted by Crippen LogP contribution is 2.46. The van der Waals surface area contributed by atoms with Gasteiger partial charge in [0.25, 0.3) is 0 Å². The third-order valence-electron chi connectivity index (χ3n) is 6.61. The first-order valence-corrected chi connectivity index (χ1v) is 13.4.